The van der Waals surface area contributed by atoms with Crippen LogP contribution in [0.1, 0.15) is 10.6 Å². The van der Waals surface area contributed by atoms with Gasteiger partial charge in [-0.25, -0.2) is 0 Å². The number of para-hydroxylation sites is 1. The van der Waals surface area contributed by atoms with Crippen molar-refractivity contribution in [2.24, 2.45) is 7.05 Å². The topological polar surface area (TPSA) is 20.0 Å². The van der Waals surface area contributed by atoms with Gasteiger partial charge in [-0.2, -0.15) is 22.7 Å². The number of anilines is 1. The standard InChI is InChI=1S/C18H13F3N3S/c1-23-8-7-10(11-5-3-4-6-12(11)23)9-13-24(2)15-14(19)17(20)22-18(21)16(15)25-13/h3-9H,1-2H3/q+1. The molecule has 3 heterocycles. The summed E-state index contributed by atoms with van der Waals surface area (Å²) in [5.41, 5.74) is 2.83. The molecule has 0 aliphatic carbocycles. The van der Waals surface area contributed by atoms with Gasteiger partial charge in [0.05, 0.1) is 0 Å². The van der Waals surface area contributed by atoms with E-state index in [1.165, 1.54) is 4.57 Å². The van der Waals surface area contributed by atoms with Gasteiger partial charge in [0.15, 0.2) is 4.70 Å². The maximum absolute atomic E-state index is 14.1. The van der Waals surface area contributed by atoms with Crippen LogP contribution in [-0.4, -0.2) is 12.0 Å². The van der Waals surface area contributed by atoms with Gasteiger partial charge < -0.3 is 4.90 Å². The molecule has 0 unspecified atom stereocenters. The lowest BCUT2D eigenvalue weighted by Crippen LogP contribution is -2.30. The van der Waals surface area contributed by atoms with Crippen molar-refractivity contribution in [1.82, 2.24) is 4.98 Å². The van der Waals surface area contributed by atoms with E-state index in [2.05, 4.69) is 4.98 Å². The summed E-state index contributed by atoms with van der Waals surface area (Å²) in [5, 5.41) is 0.596. The first-order chi connectivity index (χ1) is 12.0. The molecule has 25 heavy (non-hydrogen) atoms. The van der Waals surface area contributed by atoms with Crippen LogP contribution >= 0.6 is 11.3 Å². The molecule has 0 amide bonds. The molecule has 1 aromatic carbocycles. The number of aryl methyl sites for hydroxylation is 1. The maximum atomic E-state index is 14.1. The third kappa shape index (κ3) is 2.42. The lowest BCUT2D eigenvalue weighted by Gasteiger charge is -2.23. The van der Waals surface area contributed by atoms with Crippen molar-refractivity contribution >= 4 is 38.9 Å². The number of nitrogens with zero attached hydrogens (tertiary/aromatic N) is 3. The maximum Gasteiger partial charge on any atom is 0.269 e. The Morgan fingerprint density at radius 3 is 2.72 bits per heavy atom. The number of pyridine rings is 1. The van der Waals surface area contributed by atoms with Crippen LogP contribution in [0.15, 0.2) is 36.5 Å². The SMILES string of the molecule is CN1C=C/C(=C\c2sc3c(F)nc(F)c(F)c3[n+]2C)c2ccccc21. The van der Waals surface area contributed by atoms with Gasteiger partial charge in [-0.3, -0.25) is 0 Å². The smallest absolute Gasteiger partial charge is 0.269 e. The number of aromatic nitrogens is 2. The average Bonchev–Trinajstić information content (AvgIpc) is 2.93. The van der Waals surface area contributed by atoms with Crippen LogP contribution in [0.4, 0.5) is 18.9 Å². The molecule has 126 valence electrons. The lowest BCUT2D eigenvalue weighted by atomic mass is 10.00. The van der Waals surface area contributed by atoms with E-state index in [4.69, 9.17) is 0 Å². The average molecular weight is 360 g/mol. The lowest BCUT2D eigenvalue weighted by molar-refractivity contribution is -0.643. The number of halogens is 3. The highest BCUT2D eigenvalue weighted by Gasteiger charge is 2.27. The summed E-state index contributed by atoms with van der Waals surface area (Å²) < 4.78 is 42.9. The molecule has 0 radical (unpaired) electrons. The molecule has 2 aromatic heterocycles. The van der Waals surface area contributed by atoms with Crippen molar-refractivity contribution in [3.8, 4) is 0 Å². The van der Waals surface area contributed by atoms with Gasteiger partial charge in [-0.15, -0.1) is 0 Å². The van der Waals surface area contributed by atoms with E-state index in [0.717, 1.165) is 28.2 Å². The Hall–Kier alpha value is -2.67. The van der Waals surface area contributed by atoms with Crippen molar-refractivity contribution in [3.05, 3.63) is 64.8 Å². The predicted octanol–water partition coefficient (Wildman–Crippen LogP) is 4.04. The van der Waals surface area contributed by atoms with E-state index in [9.17, 15) is 13.2 Å². The minimum Gasteiger partial charge on any atom is -0.351 e. The second kappa shape index (κ2) is 5.70. The summed E-state index contributed by atoms with van der Waals surface area (Å²) in [6.07, 6.45) is 5.69. The molecular formula is C18H13F3N3S+. The fourth-order valence-corrected chi connectivity index (χ4v) is 4.00. The van der Waals surface area contributed by atoms with Gasteiger partial charge in [0.25, 0.3) is 22.3 Å². The first-order valence-corrected chi connectivity index (χ1v) is 8.34. The Morgan fingerprint density at radius 2 is 1.92 bits per heavy atom. The second-order valence-corrected chi connectivity index (χ2v) is 6.76. The fraction of sp³-hybridized carbons (Fsp3) is 0.111. The van der Waals surface area contributed by atoms with Crippen LogP contribution in [0.3, 0.4) is 0 Å². The van der Waals surface area contributed by atoms with E-state index in [-0.39, 0.29) is 10.2 Å². The van der Waals surface area contributed by atoms with E-state index in [1.54, 1.807) is 7.05 Å². The Bertz CT molecular complexity index is 1070. The molecule has 1 aliphatic rings. The normalized spacial score (nSPS) is 15.2. The van der Waals surface area contributed by atoms with Crippen LogP contribution in [0, 0.1) is 17.7 Å². The number of allylic oxidation sites excluding steroid dienone is 2. The summed E-state index contributed by atoms with van der Waals surface area (Å²) in [7, 11) is 3.53. The van der Waals surface area contributed by atoms with E-state index < -0.39 is 17.7 Å². The Balaban J connectivity index is 1.94. The van der Waals surface area contributed by atoms with Crippen LogP contribution in [0.5, 0.6) is 0 Å². The van der Waals surface area contributed by atoms with Crippen LogP contribution in [-0.2, 0) is 7.05 Å². The molecule has 0 N–H and O–H groups in total. The largest absolute Gasteiger partial charge is 0.351 e. The molecule has 0 atom stereocenters. The van der Waals surface area contributed by atoms with Crippen molar-refractivity contribution in [3.63, 3.8) is 0 Å². The molecule has 0 fully saturated rings. The highest BCUT2D eigenvalue weighted by atomic mass is 32.1. The van der Waals surface area contributed by atoms with Gasteiger partial charge in [-0.1, -0.05) is 29.5 Å². The molecule has 7 heteroatoms. The molecule has 0 bridgehead atoms. The molecular weight excluding hydrogens is 347 g/mol. The first kappa shape index (κ1) is 15.8. The molecule has 0 saturated carbocycles. The minimum atomic E-state index is -1.43. The van der Waals surface area contributed by atoms with E-state index >= 15 is 0 Å². The molecule has 0 saturated heterocycles. The summed E-state index contributed by atoms with van der Waals surface area (Å²) in [5.74, 6) is -3.57. The van der Waals surface area contributed by atoms with Crippen LogP contribution in [0.2, 0.25) is 0 Å². The van der Waals surface area contributed by atoms with Crippen molar-refractivity contribution in [2.45, 2.75) is 0 Å². The zero-order valence-electron chi connectivity index (χ0n) is 13.4. The van der Waals surface area contributed by atoms with Crippen LogP contribution < -0.4 is 9.47 Å². The number of rotatable bonds is 1. The number of hydrogen-bond acceptors (Lipinski definition) is 3. The highest BCUT2D eigenvalue weighted by molar-refractivity contribution is 7.18. The zero-order chi connectivity index (χ0) is 17.7. The summed E-state index contributed by atoms with van der Waals surface area (Å²) >= 11 is 1.04. The van der Waals surface area contributed by atoms with Crippen molar-refractivity contribution in [1.29, 1.82) is 0 Å². The van der Waals surface area contributed by atoms with Gasteiger partial charge in [0.1, 0.15) is 7.05 Å². The third-order valence-corrected chi connectivity index (χ3v) is 5.38. The second-order valence-electron chi connectivity index (χ2n) is 5.73. The van der Waals surface area contributed by atoms with Gasteiger partial charge >= 0.3 is 0 Å². The third-order valence-electron chi connectivity index (χ3n) is 4.21. The minimum absolute atomic E-state index is 0.00144. The Labute approximate surface area is 146 Å². The Morgan fingerprint density at radius 1 is 1.16 bits per heavy atom. The molecule has 0 spiro atoms. The number of thiazole rings is 1. The Kier molecular flexibility index (Phi) is 3.61. The van der Waals surface area contributed by atoms with Gasteiger partial charge in [0.2, 0.25) is 5.95 Å². The van der Waals surface area contributed by atoms with E-state index in [1.807, 2.05) is 54.6 Å². The summed E-state index contributed by atoms with van der Waals surface area (Å²) in [6, 6.07) is 7.86. The number of fused-ring (bicyclic) bond motifs is 2. The zero-order valence-corrected chi connectivity index (χ0v) is 14.2. The molecule has 4 rings (SSSR count). The predicted molar refractivity (Wildman–Crippen MR) is 92.5 cm³/mol. The molecule has 3 aromatic rings. The first-order valence-electron chi connectivity index (χ1n) is 7.52. The van der Waals surface area contributed by atoms with Gasteiger partial charge in [-0.05, 0) is 17.7 Å². The molecule has 3 nitrogen and oxygen atoms in total. The monoisotopic (exact) mass is 360 g/mol. The number of hydrogen-bond donors (Lipinski definition) is 0. The van der Waals surface area contributed by atoms with E-state index in [0.29, 0.717) is 5.01 Å². The quantitative estimate of drug-likeness (QED) is 0.482. The molecule has 1 aliphatic heterocycles. The van der Waals surface area contributed by atoms with Crippen molar-refractivity contribution in [2.75, 3.05) is 11.9 Å². The van der Waals surface area contributed by atoms with Crippen LogP contribution in [0.25, 0.3) is 21.9 Å². The summed E-state index contributed by atoms with van der Waals surface area (Å²) in [4.78, 5) is 4.99. The fourth-order valence-electron chi connectivity index (χ4n) is 2.93. The highest BCUT2D eigenvalue weighted by Crippen LogP contribution is 2.34. The number of benzene rings is 1. The summed E-state index contributed by atoms with van der Waals surface area (Å²) in [6.45, 7) is 0. The van der Waals surface area contributed by atoms with Gasteiger partial charge in [0, 0.05) is 30.6 Å². The van der Waals surface area contributed by atoms with Crippen molar-refractivity contribution < 1.29 is 17.7 Å².